The number of hydrogen-bond donors (Lipinski definition) is 1. The highest BCUT2D eigenvalue weighted by atomic mass is 32.1. The highest BCUT2D eigenvalue weighted by molar-refractivity contribution is 7.14. The topological polar surface area (TPSA) is 47.0 Å². The molecule has 0 fully saturated rings. The Morgan fingerprint density at radius 1 is 1.25 bits per heavy atom. The van der Waals surface area contributed by atoms with Gasteiger partial charge >= 0.3 is 0 Å². The van der Waals surface area contributed by atoms with Crippen LogP contribution in [0.1, 0.15) is 37.7 Å². The highest BCUT2D eigenvalue weighted by Gasteiger charge is 2.16. The van der Waals surface area contributed by atoms with Crippen LogP contribution in [0.15, 0.2) is 24.3 Å². The average molecular weight is 291 g/mol. The van der Waals surface area contributed by atoms with Crippen molar-refractivity contribution in [1.29, 1.82) is 0 Å². The van der Waals surface area contributed by atoms with Gasteiger partial charge in [-0.15, -0.1) is 10.2 Å². The van der Waals surface area contributed by atoms with Gasteiger partial charge in [0.05, 0.1) is 18.7 Å². The van der Waals surface area contributed by atoms with E-state index in [1.807, 2.05) is 24.3 Å². The maximum atomic E-state index is 5.38. The van der Waals surface area contributed by atoms with Crippen LogP contribution in [-0.4, -0.2) is 23.9 Å². The Morgan fingerprint density at radius 3 is 2.75 bits per heavy atom. The van der Waals surface area contributed by atoms with E-state index in [0.717, 1.165) is 40.7 Å². The summed E-state index contributed by atoms with van der Waals surface area (Å²) in [6, 6.07) is 8.20. The standard InChI is InChI=1S/C15H21N3OS/c1-4-10-16-12(5-2)15-18-17-14(20-15)11-8-6-7-9-13(11)19-3/h6-9,12,16H,4-5,10H2,1-3H3. The van der Waals surface area contributed by atoms with Gasteiger partial charge in [-0.05, 0) is 31.5 Å². The van der Waals surface area contributed by atoms with Crippen LogP contribution in [-0.2, 0) is 0 Å². The van der Waals surface area contributed by atoms with E-state index in [-0.39, 0.29) is 6.04 Å². The Labute approximate surface area is 124 Å². The smallest absolute Gasteiger partial charge is 0.151 e. The third-order valence-electron chi connectivity index (χ3n) is 3.13. The fourth-order valence-corrected chi connectivity index (χ4v) is 3.06. The van der Waals surface area contributed by atoms with E-state index in [2.05, 4.69) is 29.4 Å². The molecule has 0 aliphatic heterocycles. The Balaban J connectivity index is 2.23. The number of methoxy groups -OCH3 is 1. The molecule has 1 N–H and O–H groups in total. The summed E-state index contributed by atoms with van der Waals surface area (Å²) in [5, 5.41) is 14.1. The van der Waals surface area contributed by atoms with Gasteiger partial charge in [0.1, 0.15) is 10.8 Å². The number of para-hydroxylation sites is 1. The second kappa shape index (κ2) is 7.36. The molecule has 2 aromatic rings. The van der Waals surface area contributed by atoms with E-state index in [9.17, 15) is 0 Å². The summed E-state index contributed by atoms with van der Waals surface area (Å²) in [5.74, 6) is 0.838. The predicted molar refractivity (Wildman–Crippen MR) is 83.2 cm³/mol. The number of ether oxygens (including phenoxy) is 1. The van der Waals surface area contributed by atoms with Crippen molar-refractivity contribution in [2.45, 2.75) is 32.7 Å². The molecule has 1 aromatic heterocycles. The summed E-state index contributed by atoms with van der Waals surface area (Å²) in [6.45, 7) is 5.33. The number of nitrogens with zero attached hydrogens (tertiary/aromatic N) is 2. The van der Waals surface area contributed by atoms with Crippen molar-refractivity contribution in [2.24, 2.45) is 0 Å². The molecule has 5 heteroatoms. The molecule has 0 spiro atoms. The second-order valence-electron chi connectivity index (χ2n) is 4.56. The largest absolute Gasteiger partial charge is 0.496 e. The van der Waals surface area contributed by atoms with Crippen molar-refractivity contribution in [3.8, 4) is 16.3 Å². The first-order chi connectivity index (χ1) is 9.80. The van der Waals surface area contributed by atoms with Gasteiger partial charge in [0, 0.05) is 0 Å². The summed E-state index contributed by atoms with van der Waals surface area (Å²) < 4.78 is 5.38. The summed E-state index contributed by atoms with van der Waals surface area (Å²) in [7, 11) is 1.68. The number of aromatic nitrogens is 2. The molecule has 20 heavy (non-hydrogen) atoms. The maximum Gasteiger partial charge on any atom is 0.151 e. The van der Waals surface area contributed by atoms with Crippen molar-refractivity contribution >= 4 is 11.3 Å². The summed E-state index contributed by atoms with van der Waals surface area (Å²) >= 11 is 1.63. The Hall–Kier alpha value is -1.46. The molecule has 0 saturated heterocycles. The van der Waals surface area contributed by atoms with Crippen molar-refractivity contribution in [3.63, 3.8) is 0 Å². The minimum Gasteiger partial charge on any atom is -0.496 e. The van der Waals surface area contributed by atoms with Gasteiger partial charge in [0.2, 0.25) is 0 Å². The Morgan fingerprint density at radius 2 is 2.05 bits per heavy atom. The molecule has 0 radical (unpaired) electrons. The van der Waals surface area contributed by atoms with Crippen LogP contribution in [0.3, 0.4) is 0 Å². The summed E-state index contributed by atoms with van der Waals surface area (Å²) in [6.07, 6.45) is 2.13. The zero-order valence-corrected chi connectivity index (χ0v) is 13.0. The molecular formula is C15H21N3OS. The lowest BCUT2D eigenvalue weighted by Gasteiger charge is -2.12. The minimum absolute atomic E-state index is 0.288. The molecule has 0 amide bonds. The Kier molecular flexibility index (Phi) is 5.49. The molecule has 1 atom stereocenters. The van der Waals surface area contributed by atoms with E-state index < -0.39 is 0 Å². The van der Waals surface area contributed by atoms with Crippen molar-refractivity contribution in [3.05, 3.63) is 29.3 Å². The summed E-state index contributed by atoms with van der Waals surface area (Å²) in [4.78, 5) is 0. The molecular weight excluding hydrogens is 270 g/mol. The van der Waals surface area contributed by atoms with Gasteiger partial charge < -0.3 is 10.1 Å². The van der Waals surface area contributed by atoms with Crippen LogP contribution in [0.5, 0.6) is 5.75 Å². The number of rotatable bonds is 7. The first-order valence-electron chi connectivity index (χ1n) is 7.00. The molecule has 1 heterocycles. The van der Waals surface area contributed by atoms with Gasteiger partial charge in [0.25, 0.3) is 0 Å². The van der Waals surface area contributed by atoms with Crippen LogP contribution >= 0.6 is 11.3 Å². The van der Waals surface area contributed by atoms with Gasteiger partial charge in [-0.2, -0.15) is 0 Å². The molecule has 108 valence electrons. The second-order valence-corrected chi connectivity index (χ2v) is 5.57. The number of nitrogens with one attached hydrogen (secondary N) is 1. The normalized spacial score (nSPS) is 12.3. The molecule has 0 aliphatic carbocycles. The molecule has 0 bridgehead atoms. The minimum atomic E-state index is 0.288. The molecule has 2 rings (SSSR count). The van der Waals surface area contributed by atoms with Crippen molar-refractivity contribution in [2.75, 3.05) is 13.7 Å². The van der Waals surface area contributed by atoms with Crippen LogP contribution < -0.4 is 10.1 Å². The lowest BCUT2D eigenvalue weighted by atomic mass is 10.2. The average Bonchev–Trinajstić information content (AvgIpc) is 2.97. The van der Waals surface area contributed by atoms with E-state index in [4.69, 9.17) is 4.74 Å². The maximum absolute atomic E-state index is 5.38. The zero-order valence-electron chi connectivity index (χ0n) is 12.2. The first-order valence-corrected chi connectivity index (χ1v) is 7.82. The fraction of sp³-hybridized carbons (Fsp3) is 0.467. The van der Waals surface area contributed by atoms with Crippen LogP contribution in [0.2, 0.25) is 0 Å². The highest BCUT2D eigenvalue weighted by Crippen LogP contribution is 2.33. The third kappa shape index (κ3) is 3.35. The predicted octanol–water partition coefficient (Wildman–Crippen LogP) is 3.66. The molecule has 0 aliphatic rings. The lowest BCUT2D eigenvalue weighted by Crippen LogP contribution is -2.21. The number of benzene rings is 1. The van der Waals surface area contributed by atoms with Gasteiger partial charge in [-0.1, -0.05) is 37.3 Å². The monoisotopic (exact) mass is 291 g/mol. The lowest BCUT2D eigenvalue weighted by molar-refractivity contribution is 0.416. The summed E-state index contributed by atoms with van der Waals surface area (Å²) in [5.41, 5.74) is 1.00. The molecule has 1 aromatic carbocycles. The molecule has 1 unspecified atom stereocenters. The molecule has 0 saturated carbocycles. The SMILES string of the molecule is CCCNC(CC)c1nnc(-c2ccccc2OC)s1. The first kappa shape index (κ1) is 14.9. The number of hydrogen-bond acceptors (Lipinski definition) is 5. The van der Waals surface area contributed by atoms with Crippen molar-refractivity contribution < 1.29 is 4.74 Å². The molecule has 4 nitrogen and oxygen atoms in total. The van der Waals surface area contributed by atoms with Crippen LogP contribution in [0.25, 0.3) is 10.6 Å². The van der Waals surface area contributed by atoms with E-state index in [1.165, 1.54) is 0 Å². The van der Waals surface area contributed by atoms with Crippen molar-refractivity contribution in [1.82, 2.24) is 15.5 Å². The zero-order chi connectivity index (χ0) is 14.4. The Bertz CT molecular complexity index is 541. The van der Waals surface area contributed by atoms with E-state index in [0.29, 0.717) is 0 Å². The third-order valence-corrected chi connectivity index (χ3v) is 4.20. The van der Waals surface area contributed by atoms with Gasteiger partial charge in [0.15, 0.2) is 5.01 Å². The quantitative estimate of drug-likeness (QED) is 0.845. The fourth-order valence-electron chi connectivity index (χ4n) is 2.03. The van der Waals surface area contributed by atoms with Gasteiger partial charge in [-0.25, -0.2) is 0 Å². The van der Waals surface area contributed by atoms with Crippen LogP contribution in [0.4, 0.5) is 0 Å². The van der Waals surface area contributed by atoms with E-state index >= 15 is 0 Å². The van der Waals surface area contributed by atoms with Crippen LogP contribution in [0, 0.1) is 0 Å². The van der Waals surface area contributed by atoms with Gasteiger partial charge in [-0.3, -0.25) is 0 Å². The van der Waals surface area contributed by atoms with E-state index in [1.54, 1.807) is 18.4 Å².